The van der Waals surface area contributed by atoms with Gasteiger partial charge in [0.2, 0.25) is 0 Å². The highest BCUT2D eigenvalue weighted by Gasteiger charge is 2.36. The predicted molar refractivity (Wildman–Crippen MR) is 268 cm³/mol. The summed E-state index contributed by atoms with van der Waals surface area (Å²) in [6.45, 7) is 4.77. The van der Waals surface area contributed by atoms with Crippen molar-refractivity contribution in [3.8, 4) is 61.3 Å². The molecule has 1 aliphatic rings. The van der Waals surface area contributed by atoms with Crippen LogP contribution in [0.15, 0.2) is 213 Å². The highest BCUT2D eigenvalue weighted by molar-refractivity contribution is 6.23. The molecule has 10 aromatic carbocycles. The Kier molecular flexibility index (Phi) is 7.95. The van der Waals surface area contributed by atoms with Crippen LogP contribution in [0.1, 0.15) is 25.0 Å². The van der Waals surface area contributed by atoms with Crippen LogP contribution < -0.4 is 0 Å². The molecule has 12 aromatic rings. The lowest BCUT2D eigenvalue weighted by atomic mass is 9.80. The van der Waals surface area contributed by atoms with Crippen molar-refractivity contribution < 1.29 is 0 Å². The van der Waals surface area contributed by atoms with Gasteiger partial charge in [0.15, 0.2) is 0 Å². The molecule has 0 saturated heterocycles. The first kappa shape index (κ1) is 36.5. The number of hydrogen-bond acceptors (Lipinski definition) is 2. The average molecular weight is 816 g/mol. The van der Waals surface area contributed by atoms with Crippen molar-refractivity contribution in [1.82, 2.24) is 14.5 Å². The summed E-state index contributed by atoms with van der Waals surface area (Å²) in [7, 11) is 0. The van der Waals surface area contributed by atoms with Crippen molar-refractivity contribution >= 4 is 54.4 Å². The molecular weight excluding hydrogens is 775 g/mol. The van der Waals surface area contributed by atoms with E-state index in [2.05, 4.69) is 219 Å². The van der Waals surface area contributed by atoms with Crippen molar-refractivity contribution in [2.45, 2.75) is 19.3 Å². The maximum Gasteiger partial charge on any atom is 0.0971 e. The van der Waals surface area contributed by atoms with E-state index in [0.29, 0.717) is 0 Å². The van der Waals surface area contributed by atoms with E-state index in [4.69, 9.17) is 9.97 Å². The van der Waals surface area contributed by atoms with E-state index in [1.54, 1.807) is 12.4 Å². The summed E-state index contributed by atoms with van der Waals surface area (Å²) < 4.78 is 2.40. The first-order valence-electron chi connectivity index (χ1n) is 22.1. The van der Waals surface area contributed by atoms with Crippen LogP contribution in [0.25, 0.3) is 116 Å². The van der Waals surface area contributed by atoms with Crippen molar-refractivity contribution in [2.24, 2.45) is 0 Å². The quantitative estimate of drug-likeness (QED) is 0.162. The van der Waals surface area contributed by atoms with Crippen LogP contribution in [0.3, 0.4) is 0 Å². The van der Waals surface area contributed by atoms with E-state index in [9.17, 15) is 0 Å². The summed E-state index contributed by atoms with van der Waals surface area (Å²) in [5.74, 6) is 0. The second-order valence-electron chi connectivity index (χ2n) is 17.8. The summed E-state index contributed by atoms with van der Waals surface area (Å²) in [5.41, 5.74) is 20.4. The lowest BCUT2D eigenvalue weighted by molar-refractivity contribution is 0.661. The molecule has 3 heteroatoms. The van der Waals surface area contributed by atoms with Crippen molar-refractivity contribution in [3.05, 3.63) is 224 Å². The van der Waals surface area contributed by atoms with Crippen LogP contribution in [0, 0.1) is 0 Å². The number of rotatable bonds is 5. The highest BCUT2D eigenvalue weighted by atomic mass is 15.0. The third-order valence-electron chi connectivity index (χ3n) is 13.9. The second-order valence-corrected chi connectivity index (χ2v) is 17.8. The minimum absolute atomic E-state index is 0.171. The minimum Gasteiger partial charge on any atom is -0.309 e. The number of nitrogens with zero attached hydrogens (tertiary/aromatic N) is 3. The molecule has 64 heavy (non-hydrogen) atoms. The topological polar surface area (TPSA) is 30.7 Å². The molecule has 0 atom stereocenters. The number of aromatic nitrogens is 3. The molecule has 1 aliphatic carbocycles. The highest BCUT2D eigenvalue weighted by Crippen LogP contribution is 2.51. The monoisotopic (exact) mass is 815 g/mol. The summed E-state index contributed by atoms with van der Waals surface area (Å²) in [5, 5.41) is 7.17. The van der Waals surface area contributed by atoms with Gasteiger partial charge in [0.1, 0.15) is 0 Å². The van der Waals surface area contributed by atoms with Gasteiger partial charge in [-0.05, 0) is 132 Å². The van der Waals surface area contributed by atoms with Gasteiger partial charge >= 0.3 is 0 Å². The molecule has 0 amide bonds. The van der Waals surface area contributed by atoms with Crippen LogP contribution in [0.2, 0.25) is 0 Å². The number of fused-ring (bicyclic) bond motifs is 12. The minimum atomic E-state index is -0.171. The number of para-hydroxylation sites is 2. The zero-order valence-electron chi connectivity index (χ0n) is 35.5. The second kappa shape index (κ2) is 13.9. The maximum absolute atomic E-state index is 4.76. The molecule has 0 N–H and O–H groups in total. The summed E-state index contributed by atoms with van der Waals surface area (Å²) in [6, 6.07) is 73.8. The molecule has 0 radical (unpaired) electrons. The molecule has 0 aliphatic heterocycles. The van der Waals surface area contributed by atoms with E-state index in [-0.39, 0.29) is 5.41 Å². The van der Waals surface area contributed by atoms with E-state index in [1.807, 2.05) is 0 Å². The van der Waals surface area contributed by atoms with Gasteiger partial charge in [-0.1, -0.05) is 159 Å². The van der Waals surface area contributed by atoms with Crippen molar-refractivity contribution in [3.63, 3.8) is 0 Å². The normalized spacial score (nSPS) is 13.0. The smallest absolute Gasteiger partial charge is 0.0971 e. The fourth-order valence-corrected chi connectivity index (χ4v) is 10.7. The first-order valence-corrected chi connectivity index (χ1v) is 22.1. The molecule has 0 bridgehead atoms. The molecular formula is C61H41N3. The molecule has 0 saturated carbocycles. The Bertz CT molecular complexity index is 3840. The van der Waals surface area contributed by atoms with Gasteiger partial charge in [-0.2, -0.15) is 0 Å². The third kappa shape index (κ3) is 5.54. The largest absolute Gasteiger partial charge is 0.309 e. The maximum atomic E-state index is 4.76. The molecule has 0 unspecified atom stereocenters. The zero-order valence-corrected chi connectivity index (χ0v) is 35.5. The Labute approximate surface area is 371 Å². The Hall–Kier alpha value is -8.14. The van der Waals surface area contributed by atoms with Gasteiger partial charge in [-0.3, -0.25) is 9.97 Å². The van der Waals surface area contributed by atoms with E-state index in [0.717, 1.165) is 21.8 Å². The average Bonchev–Trinajstić information content (AvgIpc) is 3.81. The van der Waals surface area contributed by atoms with E-state index >= 15 is 0 Å². The molecule has 3 nitrogen and oxygen atoms in total. The van der Waals surface area contributed by atoms with E-state index in [1.165, 1.54) is 105 Å². The lowest BCUT2D eigenvalue weighted by Crippen LogP contribution is -2.15. The van der Waals surface area contributed by atoms with Gasteiger partial charge in [0.25, 0.3) is 0 Å². The molecule has 13 rings (SSSR count). The van der Waals surface area contributed by atoms with E-state index < -0.39 is 0 Å². The van der Waals surface area contributed by atoms with Crippen LogP contribution in [-0.4, -0.2) is 14.5 Å². The van der Waals surface area contributed by atoms with Gasteiger partial charge in [0, 0.05) is 45.0 Å². The molecule has 300 valence electrons. The van der Waals surface area contributed by atoms with Gasteiger partial charge in [0.05, 0.1) is 22.1 Å². The Morgan fingerprint density at radius 2 is 0.781 bits per heavy atom. The third-order valence-corrected chi connectivity index (χ3v) is 13.9. The predicted octanol–water partition coefficient (Wildman–Crippen LogP) is 16.0. The Balaban J connectivity index is 0.838. The molecule has 2 aromatic heterocycles. The van der Waals surface area contributed by atoms with Crippen LogP contribution in [0.4, 0.5) is 0 Å². The standard InChI is InChI=1S/C61H41N3/c1-61(2)55-35-43(22-26-48(55)49-27-23-44(36-56(49)61)45-24-28-51-50-19-8-9-21-57(50)64(58(51)37-45)46-16-4-3-5-17-46)41-15-11-13-39(33-41)38-12-10-14-40(32-38)42-25-29-53-54(34-42)47-18-6-7-20-52(47)59-60(53)63-31-30-62-59/h3-37H,1-2H3. The molecule has 0 spiro atoms. The fraction of sp³-hybridized carbons (Fsp3) is 0.0492. The number of hydrogen-bond donors (Lipinski definition) is 0. The SMILES string of the molecule is CC1(C)c2cc(-c3cccc(-c4cccc(-c5ccc6c(c5)c5ccccc5c5nccnc65)c4)c3)ccc2-c2ccc(-c3ccc4c5ccccc5n(-c5ccccc5)c4c3)cc21. The fourth-order valence-electron chi connectivity index (χ4n) is 10.7. The van der Waals surface area contributed by atoms with Crippen LogP contribution >= 0.6 is 0 Å². The van der Waals surface area contributed by atoms with Gasteiger partial charge in [-0.15, -0.1) is 0 Å². The van der Waals surface area contributed by atoms with Crippen molar-refractivity contribution in [1.29, 1.82) is 0 Å². The lowest BCUT2D eigenvalue weighted by Gasteiger charge is -2.23. The Morgan fingerprint density at radius 3 is 1.41 bits per heavy atom. The number of benzene rings is 10. The molecule has 0 fully saturated rings. The van der Waals surface area contributed by atoms with Gasteiger partial charge < -0.3 is 4.57 Å². The summed E-state index contributed by atoms with van der Waals surface area (Å²) in [6.07, 6.45) is 3.57. The summed E-state index contributed by atoms with van der Waals surface area (Å²) in [4.78, 5) is 9.48. The van der Waals surface area contributed by atoms with Crippen LogP contribution in [-0.2, 0) is 5.41 Å². The van der Waals surface area contributed by atoms with Crippen molar-refractivity contribution in [2.75, 3.05) is 0 Å². The Morgan fingerprint density at radius 1 is 0.328 bits per heavy atom. The van der Waals surface area contributed by atoms with Gasteiger partial charge in [-0.25, -0.2) is 0 Å². The summed E-state index contributed by atoms with van der Waals surface area (Å²) >= 11 is 0. The van der Waals surface area contributed by atoms with Crippen LogP contribution in [0.5, 0.6) is 0 Å². The first-order chi connectivity index (χ1) is 31.5. The molecule has 2 heterocycles. The zero-order chi connectivity index (χ0) is 42.5.